The fourth-order valence-corrected chi connectivity index (χ4v) is 3.58. The van der Waals surface area contributed by atoms with Crippen LogP contribution >= 0.6 is 12.8 Å². The summed E-state index contributed by atoms with van der Waals surface area (Å²) in [7, 11) is 0. The van der Waals surface area contributed by atoms with E-state index in [9.17, 15) is 9.59 Å². The van der Waals surface area contributed by atoms with Crippen molar-refractivity contribution < 1.29 is 14.3 Å². The Morgan fingerprint density at radius 3 is 2.52 bits per heavy atom. The number of nitrogens with zero attached hydrogens (tertiary/aromatic N) is 5. The summed E-state index contributed by atoms with van der Waals surface area (Å²) in [6, 6.07) is 6.87. The van der Waals surface area contributed by atoms with Crippen molar-refractivity contribution in [3.8, 4) is 5.88 Å². The van der Waals surface area contributed by atoms with E-state index in [0.717, 1.165) is 36.8 Å². The predicted molar refractivity (Wildman–Crippen MR) is 131 cm³/mol. The second-order valence-corrected chi connectivity index (χ2v) is 9.41. The van der Waals surface area contributed by atoms with Crippen molar-refractivity contribution in [2.24, 2.45) is 0 Å². The summed E-state index contributed by atoms with van der Waals surface area (Å²) in [5.41, 5.74) is 1.33. The van der Waals surface area contributed by atoms with Crippen molar-refractivity contribution in [1.29, 1.82) is 0 Å². The number of pyridine rings is 2. The molecule has 2 aromatic rings. The van der Waals surface area contributed by atoms with Crippen LogP contribution in [0.4, 0.5) is 15.3 Å². The Bertz CT molecular complexity index is 912. The maximum absolute atomic E-state index is 12.5. The molecule has 33 heavy (non-hydrogen) atoms. The van der Waals surface area contributed by atoms with E-state index >= 15 is 0 Å². The Kier molecular flexibility index (Phi) is 8.51. The molecule has 178 valence electrons. The van der Waals surface area contributed by atoms with Crippen LogP contribution in [0.3, 0.4) is 0 Å². The van der Waals surface area contributed by atoms with Gasteiger partial charge in [-0.1, -0.05) is 18.9 Å². The molecule has 1 aliphatic heterocycles. The number of carbonyl (C=O) groups is 2. The number of urea groups is 1. The molecule has 3 rings (SSSR count). The van der Waals surface area contributed by atoms with Gasteiger partial charge >= 0.3 is 12.1 Å². The second-order valence-electron chi connectivity index (χ2n) is 9.01. The topological polar surface area (TPSA) is 90.9 Å². The van der Waals surface area contributed by atoms with Crippen LogP contribution in [0.5, 0.6) is 5.88 Å². The molecule has 0 aromatic carbocycles. The smallest absolute Gasteiger partial charge is 0.391 e. The van der Waals surface area contributed by atoms with Crippen molar-refractivity contribution in [2.75, 3.05) is 37.0 Å². The van der Waals surface area contributed by atoms with Crippen LogP contribution in [0, 0.1) is 0 Å². The molecule has 1 N–H and O–H groups in total. The largest absolute Gasteiger partial charge is 0.416 e. The van der Waals surface area contributed by atoms with E-state index < -0.39 is 6.09 Å². The van der Waals surface area contributed by atoms with Crippen LogP contribution in [0.15, 0.2) is 42.9 Å². The molecule has 1 aliphatic rings. The first-order valence-electron chi connectivity index (χ1n) is 11.1. The number of aromatic nitrogens is 2. The van der Waals surface area contributed by atoms with Crippen molar-refractivity contribution >= 4 is 30.6 Å². The van der Waals surface area contributed by atoms with Gasteiger partial charge in [-0.15, -0.1) is 0 Å². The van der Waals surface area contributed by atoms with Crippen LogP contribution in [-0.4, -0.2) is 70.2 Å². The molecule has 0 spiro atoms. The number of hydrogen-bond acceptors (Lipinski definition) is 7. The Labute approximate surface area is 200 Å². The van der Waals surface area contributed by atoms with Gasteiger partial charge in [-0.3, -0.25) is 9.88 Å². The van der Waals surface area contributed by atoms with Crippen LogP contribution in [0.2, 0.25) is 0 Å². The van der Waals surface area contributed by atoms with Gasteiger partial charge in [0.1, 0.15) is 0 Å². The number of anilines is 1. The molecule has 0 saturated carbocycles. The van der Waals surface area contributed by atoms with Gasteiger partial charge in [0.15, 0.2) is 0 Å². The number of carbonyl (C=O) groups excluding carboxylic acids is 2. The lowest BCUT2D eigenvalue weighted by Crippen LogP contribution is -2.49. The van der Waals surface area contributed by atoms with Gasteiger partial charge in [0.05, 0.1) is 11.9 Å². The normalized spacial score (nSPS) is 14.6. The number of aryl methyl sites for hydroxylation is 1. The zero-order valence-electron chi connectivity index (χ0n) is 19.4. The predicted octanol–water partition coefficient (Wildman–Crippen LogP) is 3.39. The minimum absolute atomic E-state index is 0.181. The van der Waals surface area contributed by atoms with Crippen LogP contribution in [-0.2, 0) is 6.42 Å². The third kappa shape index (κ3) is 7.90. The van der Waals surface area contributed by atoms with E-state index in [1.807, 2.05) is 33.0 Å². The average molecular weight is 473 g/mol. The summed E-state index contributed by atoms with van der Waals surface area (Å²) in [4.78, 5) is 37.0. The number of ether oxygens (including phenoxy) is 1. The molecule has 0 atom stereocenters. The number of piperazine rings is 1. The number of amides is 3. The Hall–Kier alpha value is -2.85. The summed E-state index contributed by atoms with van der Waals surface area (Å²) < 4.78 is 6.57. The van der Waals surface area contributed by atoms with Crippen LogP contribution < -0.4 is 14.4 Å². The lowest BCUT2D eigenvalue weighted by Gasteiger charge is -2.33. The highest BCUT2D eigenvalue weighted by Crippen LogP contribution is 2.19. The number of rotatable bonds is 6. The Balaban J connectivity index is 1.41. The summed E-state index contributed by atoms with van der Waals surface area (Å²) in [6.45, 7) is 9.49. The van der Waals surface area contributed by atoms with Crippen molar-refractivity contribution in [3.63, 3.8) is 0 Å². The second kappa shape index (κ2) is 11.3. The number of nitrogens with one attached hydrogen (secondary N) is 1. The van der Waals surface area contributed by atoms with E-state index in [1.165, 1.54) is 11.8 Å². The molecule has 0 aliphatic carbocycles. The van der Waals surface area contributed by atoms with E-state index in [1.54, 1.807) is 23.2 Å². The van der Waals surface area contributed by atoms with Gasteiger partial charge in [-0.05, 0) is 57.9 Å². The molecule has 9 nitrogen and oxygen atoms in total. The molecule has 0 radical (unpaired) electrons. The molecule has 1 saturated heterocycles. The summed E-state index contributed by atoms with van der Waals surface area (Å²) in [6.07, 6.45) is 6.77. The fourth-order valence-electron chi connectivity index (χ4n) is 3.41. The molecule has 10 heteroatoms. The molecule has 0 bridgehead atoms. The maximum Gasteiger partial charge on any atom is 0.416 e. The lowest BCUT2D eigenvalue weighted by atomic mass is 10.1. The summed E-state index contributed by atoms with van der Waals surface area (Å²) in [5, 5.41) is 2.82. The van der Waals surface area contributed by atoms with Crippen LogP contribution in [0.1, 0.15) is 32.8 Å². The quantitative estimate of drug-likeness (QED) is 0.627. The SMILES string of the molecule is CC(C)(C)NC(=O)N(S)c1ccc(OC(=O)N2CCN(CCCc3cccnc3)CC2)nc1. The molecular formula is C23H32N6O3S. The van der Waals surface area contributed by atoms with Gasteiger partial charge in [-0.2, -0.15) is 0 Å². The van der Waals surface area contributed by atoms with E-state index in [4.69, 9.17) is 4.74 Å². The molecule has 1 fully saturated rings. The highest BCUT2D eigenvalue weighted by molar-refractivity contribution is 7.82. The number of thiol groups is 1. The van der Waals surface area contributed by atoms with Gasteiger partial charge in [-0.25, -0.2) is 18.9 Å². The molecule has 2 aromatic heterocycles. The molecule has 3 amide bonds. The molecular weight excluding hydrogens is 440 g/mol. The van der Waals surface area contributed by atoms with Gasteiger partial charge in [0.25, 0.3) is 0 Å². The Morgan fingerprint density at radius 2 is 1.91 bits per heavy atom. The molecule has 3 heterocycles. The third-order valence-corrected chi connectivity index (χ3v) is 5.54. The van der Waals surface area contributed by atoms with Gasteiger partial charge < -0.3 is 15.0 Å². The highest BCUT2D eigenvalue weighted by Gasteiger charge is 2.23. The van der Waals surface area contributed by atoms with E-state index in [2.05, 4.69) is 39.1 Å². The first-order valence-corrected chi connectivity index (χ1v) is 11.5. The zero-order chi connectivity index (χ0) is 23.8. The van der Waals surface area contributed by atoms with E-state index in [-0.39, 0.29) is 17.5 Å². The monoisotopic (exact) mass is 472 g/mol. The standard InChI is InChI=1S/C23H32N6O3S/c1-23(2,3)26-21(30)29(33)19-8-9-20(25-17-19)32-22(31)28-14-12-27(13-15-28)11-5-7-18-6-4-10-24-16-18/h4,6,8-10,16-17,33H,5,7,11-15H2,1-3H3,(H,26,30). The summed E-state index contributed by atoms with van der Waals surface area (Å²) in [5.74, 6) is 0.181. The van der Waals surface area contributed by atoms with Crippen molar-refractivity contribution in [3.05, 3.63) is 48.4 Å². The van der Waals surface area contributed by atoms with Gasteiger partial charge in [0.2, 0.25) is 5.88 Å². The van der Waals surface area contributed by atoms with Crippen molar-refractivity contribution in [2.45, 2.75) is 39.2 Å². The summed E-state index contributed by atoms with van der Waals surface area (Å²) >= 11 is 4.22. The maximum atomic E-state index is 12.5. The van der Waals surface area contributed by atoms with Crippen molar-refractivity contribution in [1.82, 2.24) is 25.1 Å². The van der Waals surface area contributed by atoms with Crippen LogP contribution in [0.25, 0.3) is 0 Å². The number of hydrogen-bond donors (Lipinski definition) is 2. The van der Waals surface area contributed by atoms with E-state index in [0.29, 0.717) is 18.8 Å². The minimum Gasteiger partial charge on any atom is -0.391 e. The molecule has 0 unspecified atom stereocenters. The first kappa shape index (κ1) is 24.8. The zero-order valence-corrected chi connectivity index (χ0v) is 20.3. The first-order chi connectivity index (χ1) is 15.7. The fraction of sp³-hybridized carbons (Fsp3) is 0.478. The highest BCUT2D eigenvalue weighted by atomic mass is 32.1. The van der Waals surface area contributed by atoms with Gasteiger partial charge in [0, 0.05) is 50.2 Å². The average Bonchev–Trinajstić information content (AvgIpc) is 2.79. The third-order valence-electron chi connectivity index (χ3n) is 5.12. The minimum atomic E-state index is -0.418. The lowest BCUT2D eigenvalue weighted by molar-refractivity contribution is 0.109. The Morgan fingerprint density at radius 1 is 1.15 bits per heavy atom.